The van der Waals surface area contributed by atoms with E-state index in [9.17, 15) is 4.39 Å². The van der Waals surface area contributed by atoms with Gasteiger partial charge in [-0.05, 0) is 37.6 Å². The molecule has 0 aliphatic heterocycles. The largest absolute Gasteiger partial charge is 0.253 e. The van der Waals surface area contributed by atoms with Crippen molar-refractivity contribution in [3.63, 3.8) is 0 Å². The van der Waals surface area contributed by atoms with Crippen molar-refractivity contribution >= 4 is 22.5 Å². The molecule has 3 heteroatoms. The molecule has 72 valence electrons. The number of benzene rings is 1. The minimum absolute atomic E-state index is 0.288. The van der Waals surface area contributed by atoms with Crippen LogP contribution in [0.25, 0.3) is 10.9 Å². The van der Waals surface area contributed by atoms with Crippen LogP contribution in [0.2, 0.25) is 5.02 Å². The fraction of sp³-hybridized carbons (Fsp3) is 0.182. The summed E-state index contributed by atoms with van der Waals surface area (Å²) in [5.74, 6) is -0.288. The summed E-state index contributed by atoms with van der Waals surface area (Å²) in [6.45, 7) is 3.78. The molecule has 0 radical (unpaired) electrons. The van der Waals surface area contributed by atoms with Gasteiger partial charge in [0.1, 0.15) is 5.82 Å². The van der Waals surface area contributed by atoms with Crippen molar-refractivity contribution < 1.29 is 4.39 Å². The molecule has 2 rings (SSSR count). The Kier molecular flexibility index (Phi) is 2.16. The van der Waals surface area contributed by atoms with E-state index in [0.29, 0.717) is 10.4 Å². The second kappa shape index (κ2) is 3.21. The molecule has 0 fully saturated rings. The van der Waals surface area contributed by atoms with Gasteiger partial charge in [-0.2, -0.15) is 0 Å². The lowest BCUT2D eigenvalue weighted by Crippen LogP contribution is -1.91. The third kappa shape index (κ3) is 1.36. The third-order valence-corrected chi connectivity index (χ3v) is 2.84. The minimum Gasteiger partial charge on any atom is -0.253 e. The fourth-order valence-electron chi connectivity index (χ4n) is 1.41. The van der Waals surface area contributed by atoms with Crippen LogP contribution >= 0.6 is 11.6 Å². The Morgan fingerprint density at radius 1 is 1.29 bits per heavy atom. The number of rotatable bonds is 0. The zero-order chi connectivity index (χ0) is 10.3. The third-order valence-electron chi connectivity index (χ3n) is 2.36. The maximum absolute atomic E-state index is 13.0. The first-order chi connectivity index (χ1) is 6.59. The standard InChI is InChI=1S/C11H9ClFN/c1-6-7(2)14-10-4-3-8(13)5-9(10)11(6)12/h3-5H,1-2H3. The molecule has 0 amide bonds. The molecule has 0 N–H and O–H groups in total. The lowest BCUT2D eigenvalue weighted by molar-refractivity contribution is 0.629. The van der Waals surface area contributed by atoms with E-state index in [1.165, 1.54) is 12.1 Å². The average molecular weight is 210 g/mol. The molecule has 0 bridgehead atoms. The number of pyridine rings is 1. The number of hydrogen-bond donors (Lipinski definition) is 0. The Morgan fingerprint density at radius 3 is 2.71 bits per heavy atom. The number of fused-ring (bicyclic) bond motifs is 1. The second-order valence-corrected chi connectivity index (χ2v) is 3.68. The highest BCUT2D eigenvalue weighted by Gasteiger charge is 2.07. The molecule has 0 aliphatic rings. The van der Waals surface area contributed by atoms with Crippen LogP contribution in [-0.2, 0) is 0 Å². The molecule has 0 aliphatic carbocycles. The number of halogens is 2. The molecule has 1 heterocycles. The quantitative estimate of drug-likeness (QED) is 0.646. The second-order valence-electron chi connectivity index (χ2n) is 3.30. The van der Waals surface area contributed by atoms with Crippen LogP contribution in [0.1, 0.15) is 11.3 Å². The van der Waals surface area contributed by atoms with Gasteiger partial charge in [-0.1, -0.05) is 11.6 Å². The molecule has 0 unspecified atom stereocenters. The van der Waals surface area contributed by atoms with E-state index in [0.717, 1.165) is 16.8 Å². The number of hydrogen-bond acceptors (Lipinski definition) is 1. The van der Waals surface area contributed by atoms with Gasteiger partial charge in [-0.3, -0.25) is 4.98 Å². The van der Waals surface area contributed by atoms with Crippen molar-refractivity contribution in [2.24, 2.45) is 0 Å². The van der Waals surface area contributed by atoms with Gasteiger partial charge in [-0.15, -0.1) is 0 Å². The molecule has 0 saturated carbocycles. The lowest BCUT2D eigenvalue weighted by atomic mass is 10.1. The van der Waals surface area contributed by atoms with Crippen molar-refractivity contribution in [3.05, 3.63) is 40.3 Å². The lowest BCUT2D eigenvalue weighted by Gasteiger charge is -2.06. The smallest absolute Gasteiger partial charge is 0.124 e. The Hall–Kier alpha value is -1.15. The Morgan fingerprint density at radius 2 is 2.00 bits per heavy atom. The van der Waals surface area contributed by atoms with E-state index in [2.05, 4.69) is 4.98 Å². The Labute approximate surface area is 86.5 Å². The predicted octanol–water partition coefficient (Wildman–Crippen LogP) is 3.64. The van der Waals surface area contributed by atoms with Crippen LogP contribution in [0.4, 0.5) is 4.39 Å². The first-order valence-electron chi connectivity index (χ1n) is 4.31. The zero-order valence-electron chi connectivity index (χ0n) is 7.94. The normalized spacial score (nSPS) is 10.9. The topological polar surface area (TPSA) is 12.9 Å². The SMILES string of the molecule is Cc1nc2ccc(F)cc2c(Cl)c1C. The number of aromatic nitrogens is 1. The van der Waals surface area contributed by atoms with E-state index in [-0.39, 0.29) is 5.82 Å². The number of nitrogens with zero attached hydrogens (tertiary/aromatic N) is 1. The highest BCUT2D eigenvalue weighted by atomic mass is 35.5. The van der Waals surface area contributed by atoms with Gasteiger partial charge in [0.15, 0.2) is 0 Å². The summed E-state index contributed by atoms with van der Waals surface area (Å²) in [4.78, 5) is 4.33. The number of aryl methyl sites for hydroxylation is 1. The van der Waals surface area contributed by atoms with Crippen molar-refractivity contribution in [2.75, 3.05) is 0 Å². The van der Waals surface area contributed by atoms with Gasteiger partial charge in [-0.25, -0.2) is 4.39 Å². The van der Waals surface area contributed by atoms with Crippen molar-refractivity contribution in [2.45, 2.75) is 13.8 Å². The molecular weight excluding hydrogens is 201 g/mol. The maximum atomic E-state index is 13.0. The predicted molar refractivity (Wildman–Crippen MR) is 56.2 cm³/mol. The summed E-state index contributed by atoms with van der Waals surface area (Å²) in [5, 5.41) is 1.27. The van der Waals surface area contributed by atoms with E-state index >= 15 is 0 Å². The van der Waals surface area contributed by atoms with Crippen LogP contribution in [0.15, 0.2) is 18.2 Å². The molecule has 2 aromatic rings. The summed E-state index contributed by atoms with van der Waals surface area (Å²) >= 11 is 6.10. The van der Waals surface area contributed by atoms with Crippen molar-refractivity contribution in [3.8, 4) is 0 Å². The van der Waals surface area contributed by atoms with Crippen LogP contribution in [0.3, 0.4) is 0 Å². The van der Waals surface area contributed by atoms with E-state index in [4.69, 9.17) is 11.6 Å². The van der Waals surface area contributed by atoms with E-state index < -0.39 is 0 Å². The molecule has 0 atom stereocenters. The van der Waals surface area contributed by atoms with Crippen LogP contribution < -0.4 is 0 Å². The fourth-order valence-corrected chi connectivity index (χ4v) is 1.70. The highest BCUT2D eigenvalue weighted by molar-refractivity contribution is 6.36. The summed E-state index contributed by atoms with van der Waals surface area (Å²) < 4.78 is 13.0. The molecule has 14 heavy (non-hydrogen) atoms. The van der Waals surface area contributed by atoms with Gasteiger partial charge in [0.2, 0.25) is 0 Å². The average Bonchev–Trinajstić information content (AvgIpc) is 2.16. The van der Waals surface area contributed by atoms with Crippen LogP contribution in [-0.4, -0.2) is 4.98 Å². The monoisotopic (exact) mass is 209 g/mol. The van der Waals surface area contributed by atoms with Gasteiger partial charge >= 0.3 is 0 Å². The van der Waals surface area contributed by atoms with Crippen LogP contribution in [0, 0.1) is 19.7 Å². The molecule has 1 nitrogen and oxygen atoms in total. The van der Waals surface area contributed by atoms with Gasteiger partial charge in [0.25, 0.3) is 0 Å². The van der Waals surface area contributed by atoms with E-state index in [1.807, 2.05) is 13.8 Å². The minimum atomic E-state index is -0.288. The first-order valence-corrected chi connectivity index (χ1v) is 4.69. The molecular formula is C11H9ClFN. The molecule has 1 aromatic carbocycles. The first kappa shape index (κ1) is 9.41. The van der Waals surface area contributed by atoms with Gasteiger partial charge in [0.05, 0.1) is 10.5 Å². The van der Waals surface area contributed by atoms with Crippen LogP contribution in [0.5, 0.6) is 0 Å². The van der Waals surface area contributed by atoms with Crippen molar-refractivity contribution in [1.29, 1.82) is 0 Å². The Balaban J connectivity index is 2.92. The molecule has 1 aromatic heterocycles. The molecule has 0 saturated heterocycles. The maximum Gasteiger partial charge on any atom is 0.124 e. The van der Waals surface area contributed by atoms with Gasteiger partial charge < -0.3 is 0 Å². The summed E-state index contributed by atoms with van der Waals surface area (Å²) in [6.07, 6.45) is 0. The summed E-state index contributed by atoms with van der Waals surface area (Å²) in [7, 11) is 0. The summed E-state index contributed by atoms with van der Waals surface area (Å²) in [5.41, 5.74) is 2.53. The van der Waals surface area contributed by atoms with Crippen molar-refractivity contribution in [1.82, 2.24) is 4.98 Å². The Bertz CT molecular complexity index is 508. The summed E-state index contributed by atoms with van der Waals surface area (Å²) in [6, 6.07) is 4.44. The zero-order valence-corrected chi connectivity index (χ0v) is 8.69. The van der Waals surface area contributed by atoms with Gasteiger partial charge in [0, 0.05) is 11.1 Å². The highest BCUT2D eigenvalue weighted by Crippen LogP contribution is 2.27. The molecule has 0 spiro atoms. The van der Waals surface area contributed by atoms with E-state index in [1.54, 1.807) is 6.07 Å².